The number of amides is 1. The van der Waals surface area contributed by atoms with Crippen LogP contribution in [0, 0.1) is 0 Å². The predicted molar refractivity (Wildman–Crippen MR) is 48.7 cm³/mol. The maximum absolute atomic E-state index is 10.2. The van der Waals surface area contributed by atoms with Crippen LogP contribution in [0.15, 0.2) is 0 Å². The minimum absolute atomic E-state index is 0.209. The lowest BCUT2D eigenvalue weighted by Crippen LogP contribution is -2.43. The molecule has 0 aromatic heterocycles. The highest BCUT2D eigenvalue weighted by atomic mass is 16.1. The third-order valence-electron chi connectivity index (χ3n) is 2.50. The number of rotatable bonds is 3. The molecule has 12 heavy (non-hydrogen) atoms. The molecule has 3 heteroatoms. The Kier molecular flexibility index (Phi) is 4.08. The summed E-state index contributed by atoms with van der Waals surface area (Å²) in [5.74, 6) is 0. The van der Waals surface area contributed by atoms with Crippen LogP contribution in [0.5, 0.6) is 0 Å². The smallest absolute Gasteiger partial charge is 0.208 e. The second-order valence-corrected chi connectivity index (χ2v) is 3.41. The molecule has 1 heterocycles. The van der Waals surface area contributed by atoms with Crippen molar-refractivity contribution >= 4 is 6.41 Å². The number of hydrogen-bond acceptors (Lipinski definition) is 2. The zero-order chi connectivity index (χ0) is 8.81. The Morgan fingerprint density at radius 3 is 2.33 bits per heavy atom. The Morgan fingerprint density at radius 1 is 1.25 bits per heavy atom. The SMILES string of the molecule is CC(NC=O)N1CCCCCC1. The summed E-state index contributed by atoms with van der Waals surface area (Å²) in [6, 6.07) is 0. The van der Waals surface area contributed by atoms with Crippen LogP contribution in [0.3, 0.4) is 0 Å². The first kappa shape index (κ1) is 9.52. The Morgan fingerprint density at radius 2 is 1.83 bits per heavy atom. The van der Waals surface area contributed by atoms with Crippen molar-refractivity contribution in [2.45, 2.75) is 38.8 Å². The van der Waals surface area contributed by atoms with E-state index in [1.54, 1.807) is 0 Å². The average molecular weight is 170 g/mol. The van der Waals surface area contributed by atoms with Crippen LogP contribution in [-0.4, -0.2) is 30.6 Å². The van der Waals surface area contributed by atoms with E-state index in [9.17, 15) is 4.79 Å². The predicted octanol–water partition coefficient (Wildman–Crippen LogP) is 0.954. The minimum atomic E-state index is 0.209. The molecule has 0 radical (unpaired) electrons. The normalized spacial score (nSPS) is 22.8. The fraction of sp³-hybridized carbons (Fsp3) is 0.889. The summed E-state index contributed by atoms with van der Waals surface area (Å²) in [5, 5.41) is 2.79. The highest BCUT2D eigenvalue weighted by Gasteiger charge is 2.13. The van der Waals surface area contributed by atoms with Gasteiger partial charge in [-0.05, 0) is 19.8 Å². The molecule has 0 bridgehead atoms. The van der Waals surface area contributed by atoms with Crippen molar-refractivity contribution in [3.05, 3.63) is 0 Å². The third kappa shape index (κ3) is 2.81. The molecule has 1 saturated heterocycles. The summed E-state index contributed by atoms with van der Waals surface area (Å²) in [4.78, 5) is 12.5. The van der Waals surface area contributed by atoms with E-state index in [2.05, 4.69) is 10.2 Å². The van der Waals surface area contributed by atoms with Gasteiger partial charge in [-0.25, -0.2) is 0 Å². The van der Waals surface area contributed by atoms with E-state index in [-0.39, 0.29) is 6.17 Å². The Hall–Kier alpha value is -0.570. The van der Waals surface area contributed by atoms with E-state index < -0.39 is 0 Å². The lowest BCUT2D eigenvalue weighted by Gasteiger charge is -2.26. The number of likely N-dealkylation sites (tertiary alicyclic amines) is 1. The van der Waals surface area contributed by atoms with Crippen molar-refractivity contribution in [3.63, 3.8) is 0 Å². The molecule has 0 spiro atoms. The molecule has 0 saturated carbocycles. The molecule has 1 N–H and O–H groups in total. The van der Waals surface area contributed by atoms with Crippen LogP contribution < -0.4 is 5.32 Å². The number of carbonyl (C=O) groups is 1. The van der Waals surface area contributed by atoms with Gasteiger partial charge in [0.25, 0.3) is 0 Å². The molecule has 0 aromatic rings. The van der Waals surface area contributed by atoms with E-state index in [1.807, 2.05) is 6.92 Å². The van der Waals surface area contributed by atoms with Crippen molar-refractivity contribution in [1.82, 2.24) is 10.2 Å². The van der Waals surface area contributed by atoms with Gasteiger partial charge < -0.3 is 5.32 Å². The van der Waals surface area contributed by atoms with Gasteiger partial charge in [0.05, 0.1) is 6.17 Å². The van der Waals surface area contributed by atoms with E-state index in [4.69, 9.17) is 0 Å². The van der Waals surface area contributed by atoms with Crippen LogP contribution in [0.4, 0.5) is 0 Å². The molecule has 1 aliphatic rings. The highest BCUT2D eigenvalue weighted by Crippen LogP contribution is 2.10. The van der Waals surface area contributed by atoms with Crippen molar-refractivity contribution in [2.75, 3.05) is 13.1 Å². The van der Waals surface area contributed by atoms with Crippen molar-refractivity contribution in [3.8, 4) is 0 Å². The lowest BCUT2D eigenvalue weighted by atomic mass is 10.2. The molecule has 1 unspecified atom stereocenters. The van der Waals surface area contributed by atoms with E-state index in [1.165, 1.54) is 25.7 Å². The number of nitrogens with zero attached hydrogens (tertiary/aromatic N) is 1. The molecule has 1 atom stereocenters. The van der Waals surface area contributed by atoms with Gasteiger partial charge in [-0.2, -0.15) is 0 Å². The minimum Gasteiger partial charge on any atom is -0.343 e. The number of nitrogens with one attached hydrogen (secondary N) is 1. The van der Waals surface area contributed by atoms with Crippen LogP contribution in [0.25, 0.3) is 0 Å². The van der Waals surface area contributed by atoms with Crippen molar-refractivity contribution in [1.29, 1.82) is 0 Å². The monoisotopic (exact) mass is 170 g/mol. The molecule has 70 valence electrons. The molecule has 1 amide bonds. The van der Waals surface area contributed by atoms with Gasteiger partial charge in [0, 0.05) is 13.1 Å². The molecule has 0 aliphatic carbocycles. The Labute approximate surface area is 74.1 Å². The molecule has 3 nitrogen and oxygen atoms in total. The average Bonchev–Trinajstić information content (AvgIpc) is 2.32. The van der Waals surface area contributed by atoms with Crippen LogP contribution in [0.2, 0.25) is 0 Å². The van der Waals surface area contributed by atoms with Gasteiger partial charge in [-0.15, -0.1) is 0 Å². The van der Waals surface area contributed by atoms with Gasteiger partial charge in [-0.1, -0.05) is 12.8 Å². The quantitative estimate of drug-likeness (QED) is 0.640. The first-order valence-corrected chi connectivity index (χ1v) is 4.78. The molecular formula is C9H18N2O. The zero-order valence-electron chi connectivity index (χ0n) is 7.75. The maximum atomic E-state index is 10.2. The standard InChI is InChI=1S/C9H18N2O/c1-9(10-8-12)11-6-4-2-3-5-7-11/h8-9H,2-7H2,1H3,(H,10,12). The van der Waals surface area contributed by atoms with E-state index in [0.717, 1.165) is 19.5 Å². The van der Waals surface area contributed by atoms with Crippen LogP contribution in [-0.2, 0) is 4.79 Å². The summed E-state index contributed by atoms with van der Waals surface area (Å²) < 4.78 is 0. The molecule has 0 aromatic carbocycles. The second kappa shape index (κ2) is 5.14. The van der Waals surface area contributed by atoms with E-state index >= 15 is 0 Å². The molecule has 1 aliphatic heterocycles. The Balaban J connectivity index is 2.31. The fourth-order valence-electron chi connectivity index (χ4n) is 1.69. The molecule has 1 fully saturated rings. The summed E-state index contributed by atoms with van der Waals surface area (Å²) in [5.41, 5.74) is 0. The fourth-order valence-corrected chi connectivity index (χ4v) is 1.69. The molecule has 1 rings (SSSR count). The van der Waals surface area contributed by atoms with Crippen LogP contribution >= 0.6 is 0 Å². The first-order chi connectivity index (χ1) is 5.84. The van der Waals surface area contributed by atoms with Gasteiger partial charge >= 0.3 is 0 Å². The van der Waals surface area contributed by atoms with Crippen molar-refractivity contribution in [2.24, 2.45) is 0 Å². The van der Waals surface area contributed by atoms with Gasteiger partial charge in [0.1, 0.15) is 0 Å². The van der Waals surface area contributed by atoms with E-state index in [0.29, 0.717) is 0 Å². The number of hydrogen-bond donors (Lipinski definition) is 1. The van der Waals surface area contributed by atoms with Gasteiger partial charge in [0.2, 0.25) is 6.41 Å². The first-order valence-electron chi connectivity index (χ1n) is 4.78. The zero-order valence-corrected chi connectivity index (χ0v) is 7.75. The third-order valence-corrected chi connectivity index (χ3v) is 2.50. The van der Waals surface area contributed by atoms with Crippen molar-refractivity contribution < 1.29 is 4.79 Å². The summed E-state index contributed by atoms with van der Waals surface area (Å²) in [6.45, 7) is 4.30. The Bertz CT molecular complexity index is 130. The largest absolute Gasteiger partial charge is 0.343 e. The summed E-state index contributed by atoms with van der Waals surface area (Å²) in [7, 11) is 0. The summed E-state index contributed by atoms with van der Waals surface area (Å²) in [6.07, 6.45) is 6.21. The number of carbonyl (C=O) groups excluding carboxylic acids is 1. The lowest BCUT2D eigenvalue weighted by molar-refractivity contribution is -0.111. The second-order valence-electron chi connectivity index (χ2n) is 3.41. The van der Waals surface area contributed by atoms with Gasteiger partial charge in [0.15, 0.2) is 0 Å². The topological polar surface area (TPSA) is 32.3 Å². The van der Waals surface area contributed by atoms with Gasteiger partial charge in [-0.3, -0.25) is 9.69 Å². The summed E-state index contributed by atoms with van der Waals surface area (Å²) >= 11 is 0. The molecular weight excluding hydrogens is 152 g/mol. The van der Waals surface area contributed by atoms with Crippen LogP contribution in [0.1, 0.15) is 32.6 Å². The maximum Gasteiger partial charge on any atom is 0.208 e. The highest BCUT2D eigenvalue weighted by molar-refractivity contribution is 5.46.